The molecular formula is C13H12N4O2. The van der Waals surface area contributed by atoms with Crippen LogP contribution in [-0.2, 0) is 0 Å². The number of anilines is 1. The topological polar surface area (TPSA) is 94.0 Å². The van der Waals surface area contributed by atoms with E-state index < -0.39 is 0 Å². The zero-order valence-electron chi connectivity index (χ0n) is 10.5. The predicted molar refractivity (Wildman–Crippen MR) is 69.0 cm³/mol. The number of nitrogens with zero attached hydrogens (tertiary/aromatic N) is 3. The van der Waals surface area contributed by atoms with Gasteiger partial charge in [0.25, 0.3) is 0 Å². The van der Waals surface area contributed by atoms with Gasteiger partial charge in [-0.1, -0.05) is 0 Å². The highest BCUT2D eigenvalue weighted by Gasteiger charge is 2.15. The first-order valence-corrected chi connectivity index (χ1v) is 5.50. The van der Waals surface area contributed by atoms with Gasteiger partial charge in [0.1, 0.15) is 11.6 Å². The summed E-state index contributed by atoms with van der Waals surface area (Å²) >= 11 is 0. The molecular weight excluding hydrogens is 244 g/mol. The number of hydrogen-bond acceptors (Lipinski definition) is 6. The van der Waals surface area contributed by atoms with Crippen molar-refractivity contribution < 1.29 is 9.47 Å². The molecule has 2 aromatic rings. The van der Waals surface area contributed by atoms with Gasteiger partial charge < -0.3 is 15.2 Å². The molecule has 19 heavy (non-hydrogen) atoms. The molecule has 0 amide bonds. The molecule has 0 aliphatic rings. The van der Waals surface area contributed by atoms with Gasteiger partial charge in [0.15, 0.2) is 11.5 Å². The molecule has 2 N–H and O–H groups in total. The van der Waals surface area contributed by atoms with Crippen LogP contribution in [0.1, 0.15) is 11.3 Å². The van der Waals surface area contributed by atoms with E-state index in [0.29, 0.717) is 11.4 Å². The minimum atomic E-state index is 0.210. The highest BCUT2D eigenvalue weighted by Crippen LogP contribution is 2.36. The number of ether oxygens (including phenoxy) is 2. The summed E-state index contributed by atoms with van der Waals surface area (Å²) in [4.78, 5) is 0. The molecule has 2 rings (SSSR count). The van der Waals surface area contributed by atoms with Crippen LogP contribution < -0.4 is 15.2 Å². The standard InChI is InChI=1S/C13H12N4O2/c1-8-3-6-12(17-16-8)19-13-9(7-14)10(15)4-5-11(13)18-2/h3-6H,15H2,1-2H3. The third-order valence-corrected chi connectivity index (χ3v) is 2.47. The smallest absolute Gasteiger partial charge is 0.239 e. The van der Waals surface area contributed by atoms with Crippen LogP contribution in [0.3, 0.4) is 0 Å². The molecule has 6 nitrogen and oxygen atoms in total. The Balaban J connectivity index is 2.46. The summed E-state index contributed by atoms with van der Waals surface area (Å²) in [5.74, 6) is 0.919. The Morgan fingerprint density at radius 1 is 1.21 bits per heavy atom. The number of hydrogen-bond donors (Lipinski definition) is 1. The van der Waals surface area contributed by atoms with Crippen molar-refractivity contribution in [3.8, 4) is 23.4 Å². The van der Waals surface area contributed by atoms with E-state index >= 15 is 0 Å². The second-order valence-electron chi connectivity index (χ2n) is 3.79. The normalized spacial score (nSPS) is 9.74. The quantitative estimate of drug-likeness (QED) is 0.844. The molecule has 0 spiro atoms. The van der Waals surface area contributed by atoms with Gasteiger partial charge in [0.05, 0.1) is 18.5 Å². The van der Waals surface area contributed by atoms with E-state index in [1.165, 1.54) is 7.11 Å². The maximum atomic E-state index is 9.14. The molecule has 0 bridgehead atoms. The lowest BCUT2D eigenvalue weighted by atomic mass is 10.1. The molecule has 1 aromatic carbocycles. The number of aryl methyl sites for hydroxylation is 1. The largest absolute Gasteiger partial charge is 0.493 e. The molecule has 0 saturated carbocycles. The molecule has 1 heterocycles. The molecule has 0 fully saturated rings. The average Bonchev–Trinajstić information content (AvgIpc) is 2.42. The Kier molecular flexibility index (Phi) is 3.48. The van der Waals surface area contributed by atoms with E-state index in [9.17, 15) is 0 Å². The van der Waals surface area contributed by atoms with E-state index in [1.54, 1.807) is 24.3 Å². The Bertz CT molecular complexity index is 632. The SMILES string of the molecule is COc1ccc(N)c(C#N)c1Oc1ccc(C)nn1. The summed E-state index contributed by atoms with van der Waals surface area (Å²) in [7, 11) is 1.49. The van der Waals surface area contributed by atoms with Gasteiger partial charge in [0, 0.05) is 6.07 Å². The number of nitriles is 1. The van der Waals surface area contributed by atoms with Crippen molar-refractivity contribution in [3.63, 3.8) is 0 Å². The molecule has 0 aliphatic heterocycles. The van der Waals surface area contributed by atoms with E-state index in [4.69, 9.17) is 20.5 Å². The van der Waals surface area contributed by atoms with Crippen LogP contribution in [0.25, 0.3) is 0 Å². The van der Waals surface area contributed by atoms with Crippen molar-refractivity contribution in [1.82, 2.24) is 10.2 Å². The highest BCUT2D eigenvalue weighted by molar-refractivity contribution is 5.66. The number of nitrogen functional groups attached to an aromatic ring is 1. The van der Waals surface area contributed by atoms with Crippen molar-refractivity contribution in [2.24, 2.45) is 0 Å². The van der Waals surface area contributed by atoms with Crippen molar-refractivity contribution >= 4 is 5.69 Å². The highest BCUT2D eigenvalue weighted by atomic mass is 16.5. The Morgan fingerprint density at radius 2 is 2.00 bits per heavy atom. The Morgan fingerprint density at radius 3 is 2.58 bits per heavy atom. The second kappa shape index (κ2) is 5.23. The zero-order valence-corrected chi connectivity index (χ0v) is 10.5. The number of methoxy groups -OCH3 is 1. The van der Waals surface area contributed by atoms with Crippen molar-refractivity contribution in [1.29, 1.82) is 5.26 Å². The Hall–Kier alpha value is -2.81. The van der Waals surface area contributed by atoms with Crippen molar-refractivity contribution in [3.05, 3.63) is 35.5 Å². The molecule has 1 aromatic heterocycles. The van der Waals surface area contributed by atoms with E-state index in [0.717, 1.165) is 5.69 Å². The van der Waals surface area contributed by atoms with Crippen LogP contribution in [0.4, 0.5) is 5.69 Å². The van der Waals surface area contributed by atoms with Crippen LogP contribution in [0.15, 0.2) is 24.3 Å². The lowest BCUT2D eigenvalue weighted by Crippen LogP contribution is -1.99. The minimum absolute atomic E-state index is 0.210. The van der Waals surface area contributed by atoms with Gasteiger partial charge in [-0.3, -0.25) is 0 Å². The van der Waals surface area contributed by atoms with E-state index in [1.807, 2.05) is 13.0 Å². The van der Waals surface area contributed by atoms with Crippen LogP contribution in [0.2, 0.25) is 0 Å². The third-order valence-electron chi connectivity index (χ3n) is 2.47. The zero-order chi connectivity index (χ0) is 13.8. The fourth-order valence-corrected chi connectivity index (χ4v) is 1.50. The van der Waals surface area contributed by atoms with Crippen LogP contribution in [0, 0.1) is 18.3 Å². The molecule has 0 saturated heterocycles. The maximum Gasteiger partial charge on any atom is 0.239 e. The number of rotatable bonds is 3. The lowest BCUT2D eigenvalue weighted by molar-refractivity contribution is 0.371. The average molecular weight is 256 g/mol. The van der Waals surface area contributed by atoms with E-state index in [2.05, 4.69) is 10.2 Å². The molecule has 0 atom stereocenters. The minimum Gasteiger partial charge on any atom is -0.493 e. The molecule has 96 valence electrons. The van der Waals surface area contributed by atoms with E-state index in [-0.39, 0.29) is 17.2 Å². The van der Waals surface area contributed by atoms with Crippen LogP contribution in [0.5, 0.6) is 17.4 Å². The molecule has 0 radical (unpaired) electrons. The maximum absolute atomic E-state index is 9.14. The van der Waals surface area contributed by atoms with Gasteiger partial charge >= 0.3 is 0 Å². The monoisotopic (exact) mass is 256 g/mol. The lowest BCUT2D eigenvalue weighted by Gasteiger charge is -2.12. The predicted octanol–water partition coefficient (Wildman–Crippen LogP) is 2.04. The first kappa shape index (κ1) is 12.6. The summed E-state index contributed by atoms with van der Waals surface area (Å²) in [6.07, 6.45) is 0. The summed E-state index contributed by atoms with van der Waals surface area (Å²) in [5, 5.41) is 16.9. The summed E-state index contributed by atoms with van der Waals surface area (Å²) in [5.41, 5.74) is 7.04. The van der Waals surface area contributed by atoms with Gasteiger partial charge in [0.2, 0.25) is 5.88 Å². The van der Waals surface area contributed by atoms with Gasteiger partial charge in [-0.25, -0.2) is 0 Å². The number of benzene rings is 1. The van der Waals surface area contributed by atoms with Gasteiger partial charge in [-0.05, 0) is 25.1 Å². The molecule has 6 heteroatoms. The summed E-state index contributed by atoms with van der Waals surface area (Å²) < 4.78 is 10.7. The molecule has 0 aliphatic carbocycles. The first-order valence-electron chi connectivity index (χ1n) is 5.50. The number of nitrogens with two attached hydrogens (primary N) is 1. The fourth-order valence-electron chi connectivity index (χ4n) is 1.50. The summed E-state index contributed by atoms with van der Waals surface area (Å²) in [6.45, 7) is 1.82. The van der Waals surface area contributed by atoms with Gasteiger partial charge in [-0.15, -0.1) is 5.10 Å². The first-order chi connectivity index (χ1) is 9.15. The van der Waals surface area contributed by atoms with Crippen LogP contribution >= 0.6 is 0 Å². The second-order valence-corrected chi connectivity index (χ2v) is 3.79. The molecule has 0 unspecified atom stereocenters. The van der Waals surface area contributed by atoms with Crippen molar-refractivity contribution in [2.75, 3.05) is 12.8 Å². The summed E-state index contributed by atoms with van der Waals surface area (Å²) in [6, 6.07) is 8.63. The van der Waals surface area contributed by atoms with Crippen LogP contribution in [-0.4, -0.2) is 17.3 Å². The Labute approximate surface area is 110 Å². The van der Waals surface area contributed by atoms with Gasteiger partial charge in [-0.2, -0.15) is 10.4 Å². The third kappa shape index (κ3) is 2.55. The van der Waals surface area contributed by atoms with Crippen molar-refractivity contribution in [2.45, 2.75) is 6.92 Å². The number of aromatic nitrogens is 2. The fraction of sp³-hybridized carbons (Fsp3) is 0.154.